The fourth-order valence-corrected chi connectivity index (χ4v) is 1.75. The smallest absolute Gasteiger partial charge is 0.337 e. The van der Waals surface area contributed by atoms with Crippen LogP contribution in [0.15, 0.2) is 24.4 Å². The maximum atomic E-state index is 11.6. The van der Waals surface area contributed by atoms with Crippen molar-refractivity contribution in [3.8, 4) is 0 Å². The molecule has 0 spiro atoms. The van der Waals surface area contributed by atoms with E-state index in [1.54, 1.807) is 18.2 Å². The first kappa shape index (κ1) is 12.0. The van der Waals surface area contributed by atoms with Crippen LogP contribution in [0.4, 0.5) is 0 Å². The molecule has 92 valence electrons. The quantitative estimate of drug-likeness (QED) is 0.507. The van der Waals surface area contributed by atoms with Crippen molar-refractivity contribution >= 4 is 28.4 Å². The van der Waals surface area contributed by atoms with E-state index in [-0.39, 0.29) is 0 Å². The highest BCUT2D eigenvalue weighted by Crippen LogP contribution is 2.20. The molecular formula is C13H11NO4. The number of methoxy groups -OCH3 is 1. The number of fused-ring (bicyclic) bond motifs is 1. The van der Waals surface area contributed by atoms with Crippen molar-refractivity contribution in [2.75, 3.05) is 7.11 Å². The number of rotatable bonds is 3. The SMILES string of the molecule is COC(=O)c1ccc2c(C(=O)C(C)=O)c[nH]c2c1. The number of esters is 1. The summed E-state index contributed by atoms with van der Waals surface area (Å²) in [5.41, 5.74) is 1.31. The molecule has 1 aromatic heterocycles. The van der Waals surface area contributed by atoms with Crippen LogP contribution in [0.25, 0.3) is 10.9 Å². The molecule has 5 nitrogen and oxygen atoms in total. The van der Waals surface area contributed by atoms with Gasteiger partial charge in [-0.15, -0.1) is 0 Å². The van der Waals surface area contributed by atoms with Gasteiger partial charge in [-0.3, -0.25) is 9.59 Å². The molecule has 1 N–H and O–H groups in total. The Balaban J connectivity index is 2.53. The zero-order chi connectivity index (χ0) is 13.3. The molecule has 0 atom stereocenters. The summed E-state index contributed by atoms with van der Waals surface area (Å²) in [5, 5.41) is 0.614. The second-order valence-electron chi connectivity index (χ2n) is 3.84. The Morgan fingerprint density at radius 2 is 1.94 bits per heavy atom. The Morgan fingerprint density at radius 3 is 2.56 bits per heavy atom. The van der Waals surface area contributed by atoms with Gasteiger partial charge in [-0.2, -0.15) is 0 Å². The monoisotopic (exact) mass is 245 g/mol. The summed E-state index contributed by atoms with van der Waals surface area (Å²) in [6, 6.07) is 4.76. The molecule has 18 heavy (non-hydrogen) atoms. The highest BCUT2D eigenvalue weighted by molar-refractivity contribution is 6.45. The summed E-state index contributed by atoms with van der Waals surface area (Å²) >= 11 is 0. The average Bonchev–Trinajstić information content (AvgIpc) is 2.79. The van der Waals surface area contributed by atoms with Crippen molar-refractivity contribution < 1.29 is 19.1 Å². The van der Waals surface area contributed by atoms with Gasteiger partial charge in [-0.05, 0) is 12.1 Å². The predicted octanol–water partition coefficient (Wildman–Crippen LogP) is 1.73. The van der Waals surface area contributed by atoms with Crippen LogP contribution >= 0.6 is 0 Å². The lowest BCUT2D eigenvalue weighted by Gasteiger charge is -1.99. The Kier molecular flexibility index (Phi) is 2.97. The molecule has 0 aliphatic rings. The number of hydrogen-bond donors (Lipinski definition) is 1. The van der Waals surface area contributed by atoms with Crippen LogP contribution in [0.3, 0.4) is 0 Å². The van der Waals surface area contributed by atoms with E-state index < -0.39 is 17.5 Å². The summed E-state index contributed by atoms with van der Waals surface area (Å²) in [6.45, 7) is 1.23. The molecular weight excluding hydrogens is 234 g/mol. The second-order valence-corrected chi connectivity index (χ2v) is 3.84. The van der Waals surface area contributed by atoms with Crippen molar-refractivity contribution in [3.05, 3.63) is 35.5 Å². The van der Waals surface area contributed by atoms with E-state index in [2.05, 4.69) is 9.72 Å². The van der Waals surface area contributed by atoms with Crippen LogP contribution in [0, 0.1) is 0 Å². The number of aromatic amines is 1. The van der Waals surface area contributed by atoms with Crippen LogP contribution in [-0.4, -0.2) is 29.6 Å². The lowest BCUT2D eigenvalue weighted by molar-refractivity contribution is -0.113. The molecule has 0 aliphatic heterocycles. The van der Waals surface area contributed by atoms with E-state index in [0.717, 1.165) is 0 Å². The number of nitrogens with one attached hydrogen (secondary N) is 1. The maximum Gasteiger partial charge on any atom is 0.337 e. The number of Topliss-reactive ketones (excluding diaryl/α,β-unsaturated/α-hetero) is 2. The fourth-order valence-electron chi connectivity index (χ4n) is 1.75. The Morgan fingerprint density at radius 1 is 1.22 bits per heavy atom. The Bertz CT molecular complexity index is 654. The molecule has 1 heterocycles. The van der Waals surface area contributed by atoms with E-state index in [9.17, 15) is 14.4 Å². The molecule has 0 aliphatic carbocycles. The molecule has 0 saturated heterocycles. The maximum absolute atomic E-state index is 11.6. The van der Waals surface area contributed by atoms with Gasteiger partial charge in [0.2, 0.25) is 5.78 Å². The molecule has 0 fully saturated rings. The molecule has 0 radical (unpaired) electrons. The standard InChI is InChI=1S/C13H11NO4/c1-7(15)12(16)10-6-14-11-5-8(13(17)18-2)3-4-9(10)11/h3-6,14H,1-2H3. The van der Waals surface area contributed by atoms with Crippen LogP contribution in [0.5, 0.6) is 0 Å². The predicted molar refractivity (Wildman–Crippen MR) is 64.6 cm³/mol. The zero-order valence-corrected chi connectivity index (χ0v) is 9.94. The number of aromatic nitrogens is 1. The van der Waals surface area contributed by atoms with E-state index in [1.807, 2.05) is 0 Å². The number of carbonyl (C=O) groups is 3. The lowest BCUT2D eigenvalue weighted by Crippen LogP contribution is -2.08. The van der Waals surface area contributed by atoms with E-state index in [4.69, 9.17) is 0 Å². The van der Waals surface area contributed by atoms with E-state index >= 15 is 0 Å². The Labute approximate surface area is 103 Å². The van der Waals surface area contributed by atoms with Crippen molar-refractivity contribution in [1.82, 2.24) is 4.98 Å². The molecule has 0 amide bonds. The average molecular weight is 245 g/mol. The van der Waals surface area contributed by atoms with Crippen LogP contribution in [0.1, 0.15) is 27.6 Å². The number of ketones is 2. The van der Waals surface area contributed by atoms with Gasteiger partial charge >= 0.3 is 5.97 Å². The topological polar surface area (TPSA) is 76.2 Å². The van der Waals surface area contributed by atoms with E-state index in [1.165, 1.54) is 20.2 Å². The highest BCUT2D eigenvalue weighted by atomic mass is 16.5. The van der Waals surface area contributed by atoms with Gasteiger partial charge in [-0.1, -0.05) is 6.07 Å². The number of H-pyrrole nitrogens is 1. The van der Waals surface area contributed by atoms with Gasteiger partial charge < -0.3 is 9.72 Å². The Hall–Kier alpha value is -2.43. The minimum atomic E-state index is -0.549. The molecule has 5 heteroatoms. The molecule has 0 unspecified atom stereocenters. The molecule has 0 saturated carbocycles. The largest absolute Gasteiger partial charge is 0.465 e. The molecule has 2 rings (SSSR count). The summed E-state index contributed by atoms with van der Waals surface area (Å²) in [5.74, 6) is -1.52. The van der Waals surface area contributed by atoms with E-state index in [0.29, 0.717) is 22.0 Å². The van der Waals surface area contributed by atoms with Crippen LogP contribution in [-0.2, 0) is 9.53 Å². The van der Waals surface area contributed by atoms with Crippen molar-refractivity contribution in [1.29, 1.82) is 0 Å². The first-order chi connectivity index (χ1) is 8.54. The normalized spacial score (nSPS) is 10.3. The minimum absolute atomic E-state index is 0.314. The van der Waals surface area contributed by atoms with Crippen molar-refractivity contribution in [2.45, 2.75) is 6.92 Å². The summed E-state index contributed by atoms with van der Waals surface area (Å²) in [7, 11) is 1.30. The van der Waals surface area contributed by atoms with Gasteiger partial charge in [0.05, 0.1) is 18.2 Å². The first-order valence-corrected chi connectivity index (χ1v) is 5.29. The molecule has 2 aromatic rings. The third kappa shape index (κ3) is 1.90. The van der Waals surface area contributed by atoms with Crippen LogP contribution in [0.2, 0.25) is 0 Å². The second kappa shape index (κ2) is 4.44. The fraction of sp³-hybridized carbons (Fsp3) is 0.154. The van der Waals surface area contributed by atoms with Crippen LogP contribution < -0.4 is 0 Å². The number of hydrogen-bond acceptors (Lipinski definition) is 4. The summed E-state index contributed by atoms with van der Waals surface area (Å²) in [6.07, 6.45) is 1.47. The van der Waals surface area contributed by atoms with Gasteiger partial charge in [-0.25, -0.2) is 4.79 Å². The molecule has 1 aromatic carbocycles. The van der Waals surface area contributed by atoms with Gasteiger partial charge in [0, 0.05) is 24.0 Å². The number of ether oxygens (including phenoxy) is 1. The zero-order valence-electron chi connectivity index (χ0n) is 9.94. The lowest BCUT2D eigenvalue weighted by atomic mass is 10.1. The third-order valence-electron chi connectivity index (χ3n) is 2.67. The van der Waals surface area contributed by atoms with Crippen molar-refractivity contribution in [2.24, 2.45) is 0 Å². The number of carbonyl (C=O) groups excluding carboxylic acids is 3. The molecule has 0 bridgehead atoms. The first-order valence-electron chi connectivity index (χ1n) is 5.29. The van der Waals surface area contributed by atoms with Crippen molar-refractivity contribution in [3.63, 3.8) is 0 Å². The highest BCUT2D eigenvalue weighted by Gasteiger charge is 2.17. The third-order valence-corrected chi connectivity index (χ3v) is 2.67. The summed E-state index contributed by atoms with van der Waals surface area (Å²) in [4.78, 5) is 36.9. The number of benzene rings is 1. The van der Waals surface area contributed by atoms with Gasteiger partial charge in [0.15, 0.2) is 5.78 Å². The van der Waals surface area contributed by atoms with Gasteiger partial charge in [0.1, 0.15) is 0 Å². The van der Waals surface area contributed by atoms with Gasteiger partial charge in [0.25, 0.3) is 0 Å². The summed E-state index contributed by atoms with van der Waals surface area (Å²) < 4.78 is 4.60. The minimum Gasteiger partial charge on any atom is -0.465 e.